The van der Waals surface area contributed by atoms with Gasteiger partial charge in [-0.25, -0.2) is 0 Å². The highest BCUT2D eigenvalue weighted by atomic mass is 16.5. The van der Waals surface area contributed by atoms with Gasteiger partial charge in [-0.2, -0.15) is 0 Å². The number of rotatable bonds is 4. The SMILES string of the molecule is CCN(c1ccc(N)c(OC)c1)c1ccccc1C. The fourth-order valence-electron chi connectivity index (χ4n) is 2.23. The summed E-state index contributed by atoms with van der Waals surface area (Å²) in [5, 5.41) is 0. The van der Waals surface area contributed by atoms with E-state index in [1.54, 1.807) is 7.11 Å². The molecule has 3 nitrogen and oxygen atoms in total. The minimum absolute atomic E-state index is 0.659. The van der Waals surface area contributed by atoms with Crippen LogP contribution in [0.5, 0.6) is 5.75 Å². The lowest BCUT2D eigenvalue weighted by atomic mass is 10.1. The zero-order valence-corrected chi connectivity index (χ0v) is 11.7. The molecule has 2 aromatic carbocycles. The van der Waals surface area contributed by atoms with E-state index in [0.717, 1.165) is 12.2 Å². The van der Waals surface area contributed by atoms with Crippen LogP contribution in [0.25, 0.3) is 0 Å². The first kappa shape index (κ1) is 13.3. The molecule has 19 heavy (non-hydrogen) atoms. The van der Waals surface area contributed by atoms with Crippen molar-refractivity contribution in [1.29, 1.82) is 0 Å². The minimum atomic E-state index is 0.659. The van der Waals surface area contributed by atoms with Crippen LogP contribution in [-0.4, -0.2) is 13.7 Å². The van der Waals surface area contributed by atoms with Crippen molar-refractivity contribution in [1.82, 2.24) is 0 Å². The molecule has 0 aliphatic heterocycles. The van der Waals surface area contributed by atoms with E-state index in [4.69, 9.17) is 10.5 Å². The first-order valence-corrected chi connectivity index (χ1v) is 6.44. The number of nitrogen functional groups attached to an aromatic ring is 1. The molecule has 0 heterocycles. The summed E-state index contributed by atoms with van der Waals surface area (Å²) >= 11 is 0. The molecule has 0 saturated heterocycles. The molecule has 0 saturated carbocycles. The number of methoxy groups -OCH3 is 1. The Morgan fingerprint density at radius 3 is 2.53 bits per heavy atom. The zero-order valence-electron chi connectivity index (χ0n) is 11.7. The van der Waals surface area contributed by atoms with E-state index < -0.39 is 0 Å². The highest BCUT2D eigenvalue weighted by Gasteiger charge is 2.11. The number of aryl methyl sites for hydroxylation is 1. The lowest BCUT2D eigenvalue weighted by molar-refractivity contribution is 0.417. The fourth-order valence-corrected chi connectivity index (χ4v) is 2.23. The van der Waals surface area contributed by atoms with Crippen LogP contribution in [0.1, 0.15) is 12.5 Å². The predicted octanol–water partition coefficient (Wildman–Crippen LogP) is 3.74. The Kier molecular flexibility index (Phi) is 3.95. The first-order valence-electron chi connectivity index (χ1n) is 6.44. The number of nitrogens with two attached hydrogens (primary N) is 1. The molecule has 3 heteroatoms. The summed E-state index contributed by atoms with van der Waals surface area (Å²) in [6.45, 7) is 5.14. The van der Waals surface area contributed by atoms with Gasteiger partial charge >= 0.3 is 0 Å². The Balaban J connectivity index is 2.45. The summed E-state index contributed by atoms with van der Waals surface area (Å²) in [4.78, 5) is 2.25. The van der Waals surface area contributed by atoms with Gasteiger partial charge in [-0.1, -0.05) is 18.2 Å². The molecule has 0 radical (unpaired) electrons. The third kappa shape index (κ3) is 2.65. The molecule has 2 N–H and O–H groups in total. The van der Waals surface area contributed by atoms with Crippen LogP contribution in [-0.2, 0) is 0 Å². The van der Waals surface area contributed by atoms with Gasteiger partial charge in [-0.3, -0.25) is 0 Å². The van der Waals surface area contributed by atoms with Gasteiger partial charge in [0.15, 0.2) is 0 Å². The zero-order chi connectivity index (χ0) is 13.8. The second-order valence-corrected chi connectivity index (χ2v) is 4.46. The van der Waals surface area contributed by atoms with Gasteiger partial charge in [0, 0.05) is 24.0 Å². The maximum Gasteiger partial charge on any atom is 0.143 e. The summed E-state index contributed by atoms with van der Waals surface area (Å²) in [7, 11) is 1.64. The lowest BCUT2D eigenvalue weighted by Gasteiger charge is -2.25. The summed E-state index contributed by atoms with van der Waals surface area (Å²) in [6.07, 6.45) is 0. The van der Waals surface area contributed by atoms with Gasteiger partial charge in [-0.15, -0.1) is 0 Å². The third-order valence-corrected chi connectivity index (χ3v) is 3.25. The smallest absolute Gasteiger partial charge is 0.143 e. The number of anilines is 3. The Labute approximate surface area is 114 Å². The third-order valence-electron chi connectivity index (χ3n) is 3.25. The molecular weight excluding hydrogens is 236 g/mol. The van der Waals surface area contributed by atoms with Gasteiger partial charge in [0.25, 0.3) is 0 Å². The van der Waals surface area contributed by atoms with Crippen LogP contribution in [0.4, 0.5) is 17.1 Å². The van der Waals surface area contributed by atoms with E-state index in [0.29, 0.717) is 11.4 Å². The summed E-state index contributed by atoms with van der Waals surface area (Å²) in [5.74, 6) is 0.713. The molecular formula is C16H20N2O. The Bertz CT molecular complexity index is 566. The van der Waals surface area contributed by atoms with Crippen molar-refractivity contribution in [2.24, 2.45) is 0 Å². The minimum Gasteiger partial charge on any atom is -0.495 e. The molecule has 0 aliphatic rings. The van der Waals surface area contributed by atoms with Crippen LogP contribution in [0.15, 0.2) is 42.5 Å². The predicted molar refractivity (Wildman–Crippen MR) is 81.3 cm³/mol. The van der Waals surface area contributed by atoms with Crippen LogP contribution in [0.2, 0.25) is 0 Å². The van der Waals surface area contributed by atoms with E-state index in [2.05, 4.69) is 43.0 Å². The maximum absolute atomic E-state index is 5.87. The fraction of sp³-hybridized carbons (Fsp3) is 0.250. The van der Waals surface area contributed by atoms with Crippen molar-refractivity contribution in [2.75, 3.05) is 24.3 Å². The Hall–Kier alpha value is -2.16. The number of nitrogens with zero attached hydrogens (tertiary/aromatic N) is 1. The number of hydrogen-bond donors (Lipinski definition) is 1. The van der Waals surface area contributed by atoms with E-state index in [-0.39, 0.29) is 0 Å². The number of benzene rings is 2. The van der Waals surface area contributed by atoms with Gasteiger partial charge in [0.2, 0.25) is 0 Å². The molecule has 0 atom stereocenters. The maximum atomic E-state index is 5.87. The van der Waals surface area contributed by atoms with Crippen molar-refractivity contribution in [2.45, 2.75) is 13.8 Å². The average Bonchev–Trinajstić information content (AvgIpc) is 2.43. The molecule has 0 unspecified atom stereocenters. The Morgan fingerprint density at radius 1 is 1.16 bits per heavy atom. The number of para-hydroxylation sites is 1. The van der Waals surface area contributed by atoms with Gasteiger partial charge < -0.3 is 15.4 Å². The topological polar surface area (TPSA) is 38.5 Å². The largest absolute Gasteiger partial charge is 0.495 e. The number of hydrogen-bond acceptors (Lipinski definition) is 3. The Morgan fingerprint density at radius 2 is 1.89 bits per heavy atom. The molecule has 100 valence electrons. The van der Waals surface area contributed by atoms with Gasteiger partial charge in [-0.05, 0) is 37.6 Å². The molecule has 2 aromatic rings. The van der Waals surface area contributed by atoms with Crippen molar-refractivity contribution >= 4 is 17.1 Å². The molecule has 0 aliphatic carbocycles. The van der Waals surface area contributed by atoms with E-state index in [9.17, 15) is 0 Å². The van der Waals surface area contributed by atoms with Crippen LogP contribution < -0.4 is 15.4 Å². The second kappa shape index (κ2) is 5.65. The van der Waals surface area contributed by atoms with Crippen LogP contribution in [0, 0.1) is 6.92 Å². The van der Waals surface area contributed by atoms with Crippen LogP contribution >= 0.6 is 0 Å². The number of ether oxygens (including phenoxy) is 1. The molecule has 0 amide bonds. The quantitative estimate of drug-likeness (QED) is 0.847. The molecule has 0 spiro atoms. The normalized spacial score (nSPS) is 10.3. The van der Waals surface area contributed by atoms with Crippen molar-refractivity contribution in [3.05, 3.63) is 48.0 Å². The lowest BCUT2D eigenvalue weighted by Crippen LogP contribution is -2.17. The highest BCUT2D eigenvalue weighted by molar-refractivity contribution is 5.70. The van der Waals surface area contributed by atoms with Crippen LogP contribution in [0.3, 0.4) is 0 Å². The summed E-state index contributed by atoms with van der Waals surface area (Å²) < 4.78 is 5.29. The van der Waals surface area contributed by atoms with Gasteiger partial charge in [0.1, 0.15) is 5.75 Å². The van der Waals surface area contributed by atoms with E-state index >= 15 is 0 Å². The first-order chi connectivity index (χ1) is 9.17. The summed E-state index contributed by atoms with van der Waals surface area (Å²) in [6, 6.07) is 14.2. The second-order valence-electron chi connectivity index (χ2n) is 4.46. The molecule has 0 fully saturated rings. The van der Waals surface area contributed by atoms with E-state index in [1.165, 1.54) is 11.3 Å². The van der Waals surface area contributed by atoms with Crippen molar-refractivity contribution in [3.8, 4) is 5.75 Å². The van der Waals surface area contributed by atoms with Gasteiger partial charge in [0.05, 0.1) is 12.8 Å². The standard InChI is InChI=1S/C16H20N2O/c1-4-18(15-8-6-5-7-12(15)2)13-9-10-14(17)16(11-13)19-3/h5-11H,4,17H2,1-3H3. The monoisotopic (exact) mass is 256 g/mol. The van der Waals surface area contributed by atoms with Crippen molar-refractivity contribution < 1.29 is 4.74 Å². The average molecular weight is 256 g/mol. The summed E-state index contributed by atoms with van der Waals surface area (Å²) in [5.41, 5.74) is 10.1. The van der Waals surface area contributed by atoms with Crippen molar-refractivity contribution in [3.63, 3.8) is 0 Å². The molecule has 0 bridgehead atoms. The highest BCUT2D eigenvalue weighted by Crippen LogP contribution is 2.32. The van der Waals surface area contributed by atoms with E-state index in [1.807, 2.05) is 18.2 Å². The molecule has 0 aromatic heterocycles. The molecule has 2 rings (SSSR count).